The Balaban J connectivity index is 2.18. The summed E-state index contributed by atoms with van der Waals surface area (Å²) in [4.78, 5) is 0. The minimum Gasteiger partial charge on any atom is -0.207 e. The first-order valence-corrected chi connectivity index (χ1v) is 4.99. The highest BCUT2D eigenvalue weighted by atomic mass is 79.9. The molecule has 0 N–H and O–H groups in total. The molecular weight excluding hydrogens is 219 g/mol. The molecule has 0 nitrogen and oxygen atoms in total. The van der Waals surface area contributed by atoms with Crippen LogP contribution in [0.1, 0.15) is 18.4 Å². The third-order valence-corrected chi connectivity index (χ3v) is 2.71. The largest absolute Gasteiger partial charge is 0.207 e. The molecule has 2 heteroatoms. The zero-order valence-corrected chi connectivity index (χ0v) is 8.27. The van der Waals surface area contributed by atoms with E-state index < -0.39 is 0 Å². The summed E-state index contributed by atoms with van der Waals surface area (Å²) in [7, 11) is 0. The van der Waals surface area contributed by atoms with Gasteiger partial charge in [0.05, 0.1) is 0 Å². The van der Waals surface area contributed by atoms with E-state index in [-0.39, 0.29) is 5.82 Å². The molecule has 0 aromatic heterocycles. The van der Waals surface area contributed by atoms with Crippen molar-refractivity contribution in [3.63, 3.8) is 0 Å². The molecule has 2 rings (SSSR count). The third-order valence-electron chi connectivity index (χ3n) is 2.22. The predicted octanol–water partition coefficient (Wildman–Crippen LogP) is 3.54. The Morgan fingerprint density at radius 3 is 2.75 bits per heavy atom. The second-order valence-corrected chi connectivity index (χ2v) is 4.30. The molecule has 1 aromatic rings. The average molecular weight is 229 g/mol. The van der Waals surface area contributed by atoms with E-state index in [9.17, 15) is 4.39 Å². The smallest absolute Gasteiger partial charge is 0.127 e. The van der Waals surface area contributed by atoms with E-state index in [1.807, 2.05) is 12.1 Å². The van der Waals surface area contributed by atoms with E-state index in [1.165, 1.54) is 18.9 Å². The quantitative estimate of drug-likeness (QED) is 0.727. The molecule has 0 heterocycles. The van der Waals surface area contributed by atoms with Gasteiger partial charge in [0.1, 0.15) is 5.82 Å². The Kier molecular flexibility index (Phi) is 2.18. The van der Waals surface area contributed by atoms with Gasteiger partial charge in [0.15, 0.2) is 0 Å². The Morgan fingerprint density at radius 2 is 2.17 bits per heavy atom. The summed E-state index contributed by atoms with van der Waals surface area (Å²) in [6, 6.07) is 5.32. The van der Waals surface area contributed by atoms with Crippen LogP contribution in [0.5, 0.6) is 0 Å². The van der Waals surface area contributed by atoms with Crippen molar-refractivity contribution in [1.82, 2.24) is 0 Å². The molecule has 1 saturated carbocycles. The second kappa shape index (κ2) is 3.17. The summed E-state index contributed by atoms with van der Waals surface area (Å²) >= 11 is 3.24. The van der Waals surface area contributed by atoms with Crippen molar-refractivity contribution < 1.29 is 4.39 Å². The van der Waals surface area contributed by atoms with Crippen LogP contribution < -0.4 is 0 Å². The highest BCUT2D eigenvalue weighted by Gasteiger charge is 2.22. The maximum absolute atomic E-state index is 13.2. The normalized spacial score (nSPS) is 16.5. The van der Waals surface area contributed by atoms with E-state index in [2.05, 4.69) is 15.9 Å². The van der Waals surface area contributed by atoms with Gasteiger partial charge < -0.3 is 0 Å². The fraction of sp³-hybridized carbons (Fsp3) is 0.400. The molecule has 0 radical (unpaired) electrons. The predicted molar refractivity (Wildman–Crippen MR) is 50.5 cm³/mol. The summed E-state index contributed by atoms with van der Waals surface area (Å²) in [5.74, 6) is 0.678. The topological polar surface area (TPSA) is 0 Å². The minimum atomic E-state index is -0.0729. The molecular formula is C10H10BrF. The van der Waals surface area contributed by atoms with Gasteiger partial charge in [-0.15, -0.1) is 0 Å². The molecule has 1 aliphatic rings. The van der Waals surface area contributed by atoms with E-state index in [0.717, 1.165) is 22.4 Å². The van der Waals surface area contributed by atoms with Gasteiger partial charge in [0, 0.05) is 4.47 Å². The van der Waals surface area contributed by atoms with Crippen LogP contribution in [0.15, 0.2) is 22.7 Å². The Labute approximate surface area is 79.9 Å². The van der Waals surface area contributed by atoms with Crippen molar-refractivity contribution >= 4 is 15.9 Å². The molecule has 0 atom stereocenters. The zero-order chi connectivity index (χ0) is 8.55. The number of benzene rings is 1. The summed E-state index contributed by atoms with van der Waals surface area (Å²) < 4.78 is 14.0. The molecule has 0 aliphatic heterocycles. The number of rotatable bonds is 2. The molecule has 0 amide bonds. The van der Waals surface area contributed by atoms with Gasteiger partial charge in [-0.05, 0) is 42.9 Å². The van der Waals surface area contributed by atoms with Gasteiger partial charge >= 0.3 is 0 Å². The van der Waals surface area contributed by atoms with E-state index >= 15 is 0 Å². The standard InChI is InChI=1S/C10H10BrF/c11-9-4-3-8(10(12)6-9)5-7-1-2-7/h3-4,6-7H,1-2,5H2. The molecule has 1 aliphatic carbocycles. The first kappa shape index (κ1) is 8.24. The van der Waals surface area contributed by atoms with Crippen LogP contribution in [0.2, 0.25) is 0 Å². The van der Waals surface area contributed by atoms with Crippen LogP contribution in [0, 0.1) is 11.7 Å². The third kappa shape index (κ3) is 1.86. The lowest BCUT2D eigenvalue weighted by atomic mass is 10.1. The lowest BCUT2D eigenvalue weighted by molar-refractivity contribution is 0.601. The minimum absolute atomic E-state index is 0.0729. The monoisotopic (exact) mass is 228 g/mol. The van der Waals surface area contributed by atoms with Gasteiger partial charge in [-0.25, -0.2) is 4.39 Å². The van der Waals surface area contributed by atoms with Gasteiger partial charge in [-0.2, -0.15) is 0 Å². The molecule has 1 fully saturated rings. The molecule has 12 heavy (non-hydrogen) atoms. The maximum atomic E-state index is 13.2. The van der Waals surface area contributed by atoms with Crippen molar-refractivity contribution in [2.75, 3.05) is 0 Å². The van der Waals surface area contributed by atoms with Crippen LogP contribution in [0.4, 0.5) is 4.39 Å². The fourth-order valence-electron chi connectivity index (χ4n) is 1.32. The fourth-order valence-corrected chi connectivity index (χ4v) is 1.65. The number of halogens is 2. The highest BCUT2D eigenvalue weighted by Crippen LogP contribution is 2.33. The summed E-state index contributed by atoms with van der Waals surface area (Å²) in [5, 5.41) is 0. The second-order valence-electron chi connectivity index (χ2n) is 3.38. The Morgan fingerprint density at radius 1 is 1.42 bits per heavy atom. The number of hydrogen-bond donors (Lipinski definition) is 0. The first-order valence-electron chi connectivity index (χ1n) is 4.19. The molecule has 0 saturated heterocycles. The average Bonchev–Trinajstić information content (AvgIpc) is 2.79. The van der Waals surface area contributed by atoms with Crippen molar-refractivity contribution in [3.05, 3.63) is 34.1 Å². The Bertz CT molecular complexity index is 292. The number of hydrogen-bond acceptors (Lipinski definition) is 0. The van der Waals surface area contributed by atoms with Crippen LogP contribution in [-0.4, -0.2) is 0 Å². The summed E-state index contributed by atoms with van der Waals surface area (Å²) in [5.41, 5.74) is 0.862. The maximum Gasteiger partial charge on any atom is 0.127 e. The lowest BCUT2D eigenvalue weighted by Crippen LogP contribution is -1.91. The Hall–Kier alpha value is -0.370. The zero-order valence-electron chi connectivity index (χ0n) is 6.69. The molecule has 0 unspecified atom stereocenters. The molecule has 0 spiro atoms. The van der Waals surface area contributed by atoms with E-state index in [0.29, 0.717) is 0 Å². The van der Waals surface area contributed by atoms with Gasteiger partial charge in [0.25, 0.3) is 0 Å². The van der Waals surface area contributed by atoms with Crippen LogP contribution in [0.25, 0.3) is 0 Å². The summed E-state index contributed by atoms with van der Waals surface area (Å²) in [6.45, 7) is 0. The van der Waals surface area contributed by atoms with E-state index in [1.54, 1.807) is 0 Å². The van der Waals surface area contributed by atoms with Gasteiger partial charge in [0.2, 0.25) is 0 Å². The SMILES string of the molecule is Fc1cc(Br)ccc1CC1CC1. The van der Waals surface area contributed by atoms with Crippen LogP contribution in [0.3, 0.4) is 0 Å². The van der Waals surface area contributed by atoms with Crippen molar-refractivity contribution in [3.8, 4) is 0 Å². The van der Waals surface area contributed by atoms with Gasteiger partial charge in [-0.1, -0.05) is 22.0 Å². The van der Waals surface area contributed by atoms with Crippen molar-refractivity contribution in [2.45, 2.75) is 19.3 Å². The molecule has 1 aromatic carbocycles. The summed E-state index contributed by atoms with van der Waals surface area (Å²) in [6.07, 6.45) is 3.46. The highest BCUT2D eigenvalue weighted by molar-refractivity contribution is 9.10. The van der Waals surface area contributed by atoms with Gasteiger partial charge in [-0.3, -0.25) is 0 Å². The lowest BCUT2D eigenvalue weighted by Gasteiger charge is -2.01. The van der Waals surface area contributed by atoms with E-state index in [4.69, 9.17) is 0 Å². The van der Waals surface area contributed by atoms with Crippen molar-refractivity contribution in [2.24, 2.45) is 5.92 Å². The molecule has 0 bridgehead atoms. The first-order chi connectivity index (χ1) is 5.75. The molecule has 64 valence electrons. The van der Waals surface area contributed by atoms with Crippen LogP contribution in [-0.2, 0) is 6.42 Å². The van der Waals surface area contributed by atoms with Crippen LogP contribution >= 0.6 is 15.9 Å². The van der Waals surface area contributed by atoms with Crippen molar-refractivity contribution in [1.29, 1.82) is 0 Å².